The lowest BCUT2D eigenvalue weighted by Crippen LogP contribution is -2.21. The number of pyridine rings is 5. The van der Waals surface area contributed by atoms with Crippen molar-refractivity contribution < 1.29 is 105 Å². The van der Waals surface area contributed by atoms with Crippen molar-refractivity contribution in [1.82, 2.24) is 22.8 Å². The smallest absolute Gasteiger partial charge is 0.416 e. The molecule has 0 aliphatic carbocycles. The van der Waals surface area contributed by atoms with Gasteiger partial charge in [-0.05, 0) is 132 Å². The fraction of sp³-hybridized carbons (Fsp3) is 0.0814. The maximum Gasteiger partial charge on any atom is 0.416 e. The number of nitrogens with one attached hydrogen (secondary N) is 1. The van der Waals surface area contributed by atoms with Crippen LogP contribution in [0.5, 0.6) is 57.5 Å². The molecule has 0 saturated heterocycles. The van der Waals surface area contributed by atoms with Gasteiger partial charge in [-0.25, -0.2) is 26.7 Å². The highest BCUT2D eigenvalue weighted by molar-refractivity contribution is 6.33. The van der Waals surface area contributed by atoms with Crippen molar-refractivity contribution in [3.63, 3.8) is 0 Å². The fourth-order valence-corrected chi connectivity index (χ4v) is 14.8. The number of carboxylic acid groups (broad SMARTS) is 1. The number of hydrogen-bond donors (Lipinski definition) is 2. The number of aromatic nitrogens is 5. The van der Waals surface area contributed by atoms with Crippen LogP contribution in [0.2, 0.25) is 5.02 Å². The average Bonchev–Trinajstić information content (AvgIpc) is 0.752. The molecule has 124 heavy (non-hydrogen) atoms. The maximum absolute atomic E-state index is 14.3. The quantitative estimate of drug-likeness (QED) is 0.0716. The number of benzene rings is 10. The zero-order chi connectivity index (χ0) is 89.1. The number of ketones is 1. The number of hydrogen-bond acceptors (Lipinski definition) is 16. The number of amides is 1. The first kappa shape index (κ1) is 81.9. The Morgan fingerprint density at radius 2 is 0.774 bits per heavy atom. The van der Waals surface area contributed by atoms with Gasteiger partial charge in [-0.1, -0.05) is 11.6 Å². The van der Waals surface area contributed by atoms with Crippen LogP contribution in [-0.2, 0) is 11.0 Å². The highest BCUT2D eigenvalue weighted by atomic mass is 35.5. The molecule has 1 amide bonds. The zero-order valence-corrected chi connectivity index (χ0v) is 64.1. The van der Waals surface area contributed by atoms with E-state index in [4.69, 9.17) is 40.5 Å². The number of nitro groups is 1. The van der Waals surface area contributed by atoms with Gasteiger partial charge < -0.3 is 56.9 Å². The summed E-state index contributed by atoms with van der Waals surface area (Å²) < 4.78 is 214. The van der Waals surface area contributed by atoms with E-state index in [2.05, 4.69) is 5.32 Å². The molecule has 2 N–H and O–H groups in total. The molecule has 5 aromatic heterocycles. The molecule has 10 aromatic carbocycles. The van der Waals surface area contributed by atoms with E-state index in [1.165, 1.54) is 49.7 Å². The van der Waals surface area contributed by atoms with Crippen LogP contribution < -0.4 is 56.1 Å². The van der Waals surface area contributed by atoms with E-state index < -0.39 is 120 Å². The van der Waals surface area contributed by atoms with Gasteiger partial charge in [-0.3, -0.25) is 43.7 Å². The Hall–Kier alpha value is -15.9. The highest BCUT2D eigenvalue weighted by Gasteiger charge is 2.37. The molecule has 5 aliphatic heterocycles. The van der Waals surface area contributed by atoms with E-state index >= 15 is 0 Å². The second-order valence-electron chi connectivity index (χ2n) is 28.2. The molecule has 10 heterocycles. The summed E-state index contributed by atoms with van der Waals surface area (Å²) in [5, 5.41) is 31.2. The SMILES string of the molecule is CC(=O)Nc1ccc2c(c1)Oc1c(F)c(F)cc3c(=O)c(C)cn-2c13.CC(=O)c1ccc2c(c1)Oc1c(F)c(F)cc3c(=O)c(C)cn-2c13.Cc1cn2c3c(c(F)c(F)cc3c1=O)Oc1cc(C#N)ccc1-2.Cc1cn2c3c(c(F)c(F)cc3c1=O)Oc1cc(C(F)(F)F)ccc1-2.O=C(O)c1cn2c3c(c(F)c(F)cc3c1=O)Oc1cc([N+](=O)[O-])c(Cl)cc1-2. The summed E-state index contributed by atoms with van der Waals surface area (Å²) in [7, 11) is 0. The predicted molar refractivity (Wildman–Crippen MR) is 419 cm³/mol. The lowest BCUT2D eigenvalue weighted by Gasteiger charge is -2.24. The molecule has 0 spiro atoms. The van der Waals surface area contributed by atoms with E-state index in [0.717, 1.165) is 59.3 Å². The predicted octanol–water partition coefficient (Wildman–Crippen LogP) is 19.4. The van der Waals surface area contributed by atoms with Gasteiger partial charge in [0.25, 0.3) is 5.69 Å². The average molecular weight is 1730 g/mol. The van der Waals surface area contributed by atoms with Crippen LogP contribution in [0.15, 0.2) is 170 Å². The normalized spacial score (nSPS) is 12.1. The number of carboxylic acids is 1. The van der Waals surface area contributed by atoms with Gasteiger partial charge >= 0.3 is 12.1 Å². The zero-order valence-electron chi connectivity index (χ0n) is 63.3. The third-order valence-electron chi connectivity index (χ3n) is 20.2. The summed E-state index contributed by atoms with van der Waals surface area (Å²) in [5.41, 5.74) is -0.176. The number of nitro benzene ring substituents is 1. The Balaban J connectivity index is 0.000000115. The van der Waals surface area contributed by atoms with Crippen molar-refractivity contribution in [3.8, 4) is 92.0 Å². The number of nitrogens with zero attached hydrogens (tertiary/aromatic N) is 7. The van der Waals surface area contributed by atoms with Crippen molar-refractivity contribution >= 4 is 95.2 Å². The van der Waals surface area contributed by atoms with E-state index in [1.54, 1.807) is 89.5 Å². The second-order valence-corrected chi connectivity index (χ2v) is 28.6. The van der Waals surface area contributed by atoms with E-state index in [-0.39, 0.29) is 145 Å². The van der Waals surface area contributed by atoms with Gasteiger partial charge in [-0.2, -0.15) is 40.4 Å². The fourth-order valence-electron chi connectivity index (χ4n) is 14.5. The molecule has 622 valence electrons. The Bertz CT molecular complexity index is 7870. The lowest BCUT2D eigenvalue weighted by atomic mass is 10.1. The van der Waals surface area contributed by atoms with E-state index in [9.17, 15) is 111 Å². The van der Waals surface area contributed by atoms with Crippen LogP contribution in [0.1, 0.15) is 67.9 Å². The van der Waals surface area contributed by atoms with Gasteiger partial charge in [0.1, 0.15) is 38.2 Å². The van der Waals surface area contributed by atoms with Gasteiger partial charge in [-0.15, -0.1) is 0 Å². The number of aryl methyl sites for hydroxylation is 4. The Labute approximate surface area is 685 Å². The summed E-state index contributed by atoms with van der Waals surface area (Å²) in [4.78, 5) is 106. The first-order valence-corrected chi connectivity index (χ1v) is 36.2. The number of Topliss-reactive ketones (excluding diaryl/α,β-unsaturated/α-hetero) is 1. The van der Waals surface area contributed by atoms with Gasteiger partial charge in [0.15, 0.2) is 114 Å². The molecule has 20 rings (SSSR count). The summed E-state index contributed by atoms with van der Waals surface area (Å²) in [5.74, 6) is -16.7. The maximum atomic E-state index is 14.3. The Kier molecular flexibility index (Phi) is 19.7. The van der Waals surface area contributed by atoms with Crippen molar-refractivity contribution in [2.75, 3.05) is 5.32 Å². The first-order chi connectivity index (χ1) is 58.6. The van der Waals surface area contributed by atoms with Gasteiger partial charge in [0.2, 0.25) is 40.4 Å². The molecule has 0 atom stereocenters. The number of carbonyl (C=O) groups excluding carboxylic acids is 2. The summed E-state index contributed by atoms with van der Waals surface area (Å²) in [6, 6.07) is 25.0. The first-order valence-electron chi connectivity index (χ1n) is 35.8. The minimum absolute atomic E-state index is 0.0246. The van der Waals surface area contributed by atoms with Crippen molar-refractivity contribution in [3.05, 3.63) is 315 Å². The van der Waals surface area contributed by atoms with Crippen LogP contribution in [0, 0.1) is 107 Å². The Morgan fingerprint density at radius 1 is 0.444 bits per heavy atom. The number of rotatable bonds is 4. The molecule has 0 unspecified atom stereocenters. The van der Waals surface area contributed by atoms with Crippen molar-refractivity contribution in [1.29, 1.82) is 5.26 Å². The number of anilines is 1. The van der Waals surface area contributed by atoms with E-state index in [1.807, 2.05) is 6.07 Å². The van der Waals surface area contributed by atoms with Gasteiger partial charge in [0, 0.05) is 83.5 Å². The number of aromatic carboxylic acids is 1. The number of ether oxygens (including phenoxy) is 5. The summed E-state index contributed by atoms with van der Waals surface area (Å²) in [6.07, 6.45) is 2.32. The summed E-state index contributed by atoms with van der Waals surface area (Å²) >= 11 is 5.89. The molecule has 0 radical (unpaired) electrons. The van der Waals surface area contributed by atoms with Crippen LogP contribution in [0.25, 0.3) is 83.0 Å². The Morgan fingerprint density at radius 3 is 1.13 bits per heavy atom. The van der Waals surface area contributed by atoms with Crippen LogP contribution in [-0.4, -0.2) is 50.5 Å². The number of carbonyl (C=O) groups is 3. The minimum Gasteiger partial charge on any atom is -0.477 e. The largest absolute Gasteiger partial charge is 0.477 e. The molecular weight excluding hydrogens is 1680 g/mol. The van der Waals surface area contributed by atoms with Crippen LogP contribution >= 0.6 is 11.6 Å². The standard InChI is InChI=1S/C18H12F2N2O3.C18H11F2NO3.C17H8F5NO2.C17H8F2N2O2.C16H5ClF2N2O6/c1-8-7-22-13-4-3-10(21-9(2)23)5-14(13)25-18-15(20)12(19)6-11(16(18)22)17(8)24;1-8-7-21-13-4-3-10(9(2)22)5-14(13)24-18-15(20)12(19)6-11(16(18)21)17(8)23;1-7-6-23-11-3-2-8(17(20,21)22)4-12(11)25-16-13(19)10(18)5-9(14(16)23)15(7)24;1-8-7-21-12-3-2-9(6-20)4-13(12)23-17-14(19)11(18)5-10(15(17)21)16(8)22;17-7-2-10-11(3-9(7)21(25)26)27-15-12(19)8(18)1-5-13(15)20(10)4-6(14(5)22)16(23)24/h3-7H,1-2H3,(H,21,23);3-7H,1-2H3;2-6H,1H3;2-5,7H,1H3;1-4H,(H,23,24). The third-order valence-corrected chi connectivity index (χ3v) is 20.5. The van der Waals surface area contributed by atoms with Crippen LogP contribution in [0.4, 0.5) is 68.5 Å². The molecule has 38 heteroatoms. The molecule has 24 nitrogen and oxygen atoms in total. The number of halogens is 14. The summed E-state index contributed by atoms with van der Waals surface area (Å²) in [6.45, 7) is 9.05. The number of alkyl halides is 3. The molecule has 0 saturated carbocycles. The number of nitriles is 1. The van der Waals surface area contributed by atoms with E-state index in [0.29, 0.717) is 62.7 Å². The number of fused-ring (bicyclic) bond motifs is 10. The molecule has 0 bridgehead atoms. The molecule has 0 fully saturated rings. The highest BCUT2D eigenvalue weighted by Crippen LogP contribution is 2.50. The third kappa shape index (κ3) is 13.4. The molecule has 15 aromatic rings. The minimum atomic E-state index is -4.62. The van der Waals surface area contributed by atoms with Gasteiger partial charge in [0.05, 0.1) is 83.6 Å². The monoisotopic (exact) mass is 1730 g/mol. The molecule has 5 aliphatic rings. The second kappa shape index (κ2) is 29.8. The van der Waals surface area contributed by atoms with Crippen LogP contribution in [0.3, 0.4) is 0 Å². The topological polar surface area (TPSA) is 307 Å². The molecular formula is C86H44ClF13N8O16. The lowest BCUT2D eigenvalue weighted by molar-refractivity contribution is -0.384. The van der Waals surface area contributed by atoms with Crippen molar-refractivity contribution in [2.45, 2.75) is 47.7 Å². The van der Waals surface area contributed by atoms with Crippen molar-refractivity contribution in [2.24, 2.45) is 0 Å².